The van der Waals surface area contributed by atoms with Crippen molar-refractivity contribution < 1.29 is 23.1 Å². The zero-order valence-corrected chi connectivity index (χ0v) is 16.8. The number of rotatable bonds is 9. The summed E-state index contributed by atoms with van der Waals surface area (Å²) in [6.45, 7) is -0.364. The van der Waals surface area contributed by atoms with E-state index in [0.29, 0.717) is 0 Å². The Kier molecular flexibility index (Phi) is 10.2. The molecule has 2 aromatic rings. The monoisotopic (exact) mass is 427 g/mol. The number of nitrogens with zero attached hydrogens (tertiary/aromatic N) is 1. The standard InChI is InChI=1S/C20H23F2N3O3.ClH/c1-28-15(11-23)10-20(27)25(12-14-6-2-3-7-16(14)21)13-19(26)24-18-9-5-4-8-17(18)22;/h2-9,15H,10-13,23H2,1H3,(H,24,26);1H. The average molecular weight is 428 g/mol. The average Bonchev–Trinajstić information content (AvgIpc) is 2.68. The second-order valence-corrected chi connectivity index (χ2v) is 6.17. The molecule has 3 N–H and O–H groups in total. The lowest BCUT2D eigenvalue weighted by molar-refractivity contribution is -0.137. The summed E-state index contributed by atoms with van der Waals surface area (Å²) < 4.78 is 32.9. The predicted molar refractivity (Wildman–Crippen MR) is 109 cm³/mol. The first kappa shape index (κ1) is 24.5. The minimum absolute atomic E-state index is 0. The summed E-state index contributed by atoms with van der Waals surface area (Å²) in [7, 11) is 1.43. The number of halogens is 3. The van der Waals surface area contributed by atoms with E-state index in [-0.39, 0.29) is 49.7 Å². The summed E-state index contributed by atoms with van der Waals surface area (Å²) in [6, 6.07) is 11.7. The second-order valence-electron chi connectivity index (χ2n) is 6.17. The molecule has 9 heteroatoms. The molecule has 29 heavy (non-hydrogen) atoms. The zero-order valence-electron chi connectivity index (χ0n) is 15.9. The number of hydrogen-bond acceptors (Lipinski definition) is 4. The Balaban J connectivity index is 0.00000420. The van der Waals surface area contributed by atoms with Gasteiger partial charge in [-0.15, -0.1) is 12.4 Å². The SMILES string of the molecule is COC(CN)CC(=O)N(CC(=O)Nc1ccccc1F)Cc1ccccc1F.Cl. The summed E-state index contributed by atoms with van der Waals surface area (Å²) >= 11 is 0. The van der Waals surface area contributed by atoms with Crippen molar-refractivity contribution in [3.05, 3.63) is 65.7 Å². The molecule has 2 rings (SSSR count). The van der Waals surface area contributed by atoms with Gasteiger partial charge in [0.25, 0.3) is 0 Å². The lowest BCUT2D eigenvalue weighted by Crippen LogP contribution is -2.40. The van der Waals surface area contributed by atoms with Gasteiger partial charge < -0.3 is 20.7 Å². The first-order valence-electron chi connectivity index (χ1n) is 8.73. The molecule has 0 saturated carbocycles. The van der Waals surface area contributed by atoms with Gasteiger partial charge in [-0.25, -0.2) is 8.78 Å². The maximum Gasteiger partial charge on any atom is 0.244 e. The van der Waals surface area contributed by atoms with Gasteiger partial charge in [0.1, 0.15) is 18.2 Å². The van der Waals surface area contributed by atoms with Gasteiger partial charge in [0.2, 0.25) is 11.8 Å². The van der Waals surface area contributed by atoms with Gasteiger partial charge in [0.05, 0.1) is 18.2 Å². The van der Waals surface area contributed by atoms with E-state index in [1.807, 2.05) is 0 Å². The lowest BCUT2D eigenvalue weighted by Gasteiger charge is -2.24. The quantitative estimate of drug-likeness (QED) is 0.644. The van der Waals surface area contributed by atoms with Crippen LogP contribution in [-0.4, -0.2) is 43.0 Å². The Hall–Kier alpha value is -2.55. The number of carbonyl (C=O) groups excluding carboxylic acids is 2. The number of anilines is 1. The molecule has 0 radical (unpaired) electrons. The van der Waals surface area contributed by atoms with Crippen LogP contribution in [0, 0.1) is 11.6 Å². The van der Waals surface area contributed by atoms with Crippen molar-refractivity contribution in [2.24, 2.45) is 5.73 Å². The number of para-hydroxylation sites is 1. The summed E-state index contributed by atoms with van der Waals surface area (Å²) in [4.78, 5) is 26.2. The third-order valence-corrected chi connectivity index (χ3v) is 4.15. The fourth-order valence-corrected chi connectivity index (χ4v) is 2.58. The molecular formula is C20H24ClF2N3O3. The van der Waals surface area contributed by atoms with Crippen molar-refractivity contribution in [3.8, 4) is 0 Å². The Morgan fingerprint density at radius 1 is 1.10 bits per heavy atom. The molecule has 0 heterocycles. The maximum atomic E-state index is 14.0. The molecule has 0 bridgehead atoms. The van der Waals surface area contributed by atoms with Gasteiger partial charge in [-0.05, 0) is 18.2 Å². The largest absolute Gasteiger partial charge is 0.380 e. The first-order valence-corrected chi connectivity index (χ1v) is 8.73. The van der Waals surface area contributed by atoms with Gasteiger partial charge in [0, 0.05) is 25.8 Å². The minimum Gasteiger partial charge on any atom is -0.380 e. The fourth-order valence-electron chi connectivity index (χ4n) is 2.58. The van der Waals surface area contributed by atoms with Crippen LogP contribution in [0.4, 0.5) is 14.5 Å². The van der Waals surface area contributed by atoms with Crippen molar-refractivity contribution in [3.63, 3.8) is 0 Å². The van der Waals surface area contributed by atoms with Crippen LogP contribution in [0.25, 0.3) is 0 Å². The fraction of sp³-hybridized carbons (Fsp3) is 0.300. The van der Waals surface area contributed by atoms with E-state index in [1.165, 1.54) is 48.4 Å². The van der Waals surface area contributed by atoms with Crippen LogP contribution in [0.2, 0.25) is 0 Å². The molecule has 0 aliphatic heterocycles. The van der Waals surface area contributed by atoms with E-state index in [1.54, 1.807) is 12.1 Å². The Morgan fingerprint density at radius 3 is 2.31 bits per heavy atom. The van der Waals surface area contributed by atoms with E-state index in [2.05, 4.69) is 5.32 Å². The number of nitrogens with two attached hydrogens (primary N) is 1. The third kappa shape index (κ3) is 7.41. The maximum absolute atomic E-state index is 14.0. The highest BCUT2D eigenvalue weighted by molar-refractivity contribution is 5.94. The molecule has 0 aliphatic rings. The molecule has 1 unspecified atom stereocenters. The molecule has 0 saturated heterocycles. The van der Waals surface area contributed by atoms with Gasteiger partial charge >= 0.3 is 0 Å². The van der Waals surface area contributed by atoms with Crippen LogP contribution in [0.5, 0.6) is 0 Å². The summed E-state index contributed by atoms with van der Waals surface area (Å²) in [5.74, 6) is -2.11. The normalized spacial score (nSPS) is 11.3. The number of benzene rings is 2. The predicted octanol–water partition coefficient (Wildman–Crippen LogP) is 2.72. The Labute approximate surface area is 174 Å². The van der Waals surface area contributed by atoms with E-state index in [0.717, 1.165) is 0 Å². The Bertz CT molecular complexity index is 819. The topological polar surface area (TPSA) is 84.7 Å². The number of ether oxygens (including phenoxy) is 1. The van der Waals surface area contributed by atoms with Crippen LogP contribution >= 0.6 is 12.4 Å². The highest BCUT2D eigenvalue weighted by Crippen LogP contribution is 2.15. The number of hydrogen-bond donors (Lipinski definition) is 2. The molecule has 1 atom stereocenters. The van der Waals surface area contributed by atoms with E-state index in [4.69, 9.17) is 10.5 Å². The summed E-state index contributed by atoms with van der Waals surface area (Å²) in [6.07, 6.45) is -0.584. The van der Waals surface area contributed by atoms with Gasteiger partial charge in [-0.2, -0.15) is 0 Å². The molecule has 0 aliphatic carbocycles. The van der Waals surface area contributed by atoms with Crippen molar-refractivity contribution in [2.75, 3.05) is 25.5 Å². The third-order valence-electron chi connectivity index (χ3n) is 4.15. The smallest absolute Gasteiger partial charge is 0.244 e. The van der Waals surface area contributed by atoms with Crippen LogP contribution in [-0.2, 0) is 20.9 Å². The molecule has 2 amide bonds. The second kappa shape index (κ2) is 12.1. The number of amides is 2. The summed E-state index contributed by atoms with van der Waals surface area (Å²) in [5.41, 5.74) is 5.81. The van der Waals surface area contributed by atoms with Crippen molar-refractivity contribution in [1.29, 1.82) is 0 Å². The van der Waals surface area contributed by atoms with Crippen molar-refractivity contribution in [2.45, 2.75) is 19.1 Å². The van der Waals surface area contributed by atoms with E-state index in [9.17, 15) is 18.4 Å². The van der Waals surface area contributed by atoms with E-state index < -0.39 is 29.6 Å². The van der Waals surface area contributed by atoms with Crippen LogP contribution in [0.3, 0.4) is 0 Å². The van der Waals surface area contributed by atoms with Gasteiger partial charge in [-0.1, -0.05) is 30.3 Å². The lowest BCUT2D eigenvalue weighted by atomic mass is 10.1. The molecule has 6 nitrogen and oxygen atoms in total. The molecule has 0 spiro atoms. The first-order chi connectivity index (χ1) is 13.4. The molecular weight excluding hydrogens is 404 g/mol. The van der Waals surface area contributed by atoms with Crippen molar-refractivity contribution in [1.82, 2.24) is 4.90 Å². The van der Waals surface area contributed by atoms with E-state index >= 15 is 0 Å². The van der Waals surface area contributed by atoms with Crippen LogP contribution in [0.15, 0.2) is 48.5 Å². The van der Waals surface area contributed by atoms with Crippen LogP contribution in [0.1, 0.15) is 12.0 Å². The number of carbonyl (C=O) groups is 2. The minimum atomic E-state index is -0.600. The highest BCUT2D eigenvalue weighted by atomic mass is 35.5. The number of methoxy groups -OCH3 is 1. The molecule has 158 valence electrons. The van der Waals surface area contributed by atoms with Crippen LogP contribution < -0.4 is 11.1 Å². The summed E-state index contributed by atoms with van der Waals surface area (Å²) in [5, 5.41) is 2.42. The van der Waals surface area contributed by atoms with Gasteiger partial charge in [0.15, 0.2) is 0 Å². The number of nitrogens with one attached hydrogen (secondary N) is 1. The zero-order chi connectivity index (χ0) is 20.5. The highest BCUT2D eigenvalue weighted by Gasteiger charge is 2.22. The van der Waals surface area contributed by atoms with Gasteiger partial charge in [-0.3, -0.25) is 9.59 Å². The Morgan fingerprint density at radius 2 is 1.72 bits per heavy atom. The molecule has 0 aromatic heterocycles. The molecule has 2 aromatic carbocycles. The molecule has 0 fully saturated rings. The van der Waals surface area contributed by atoms with Crippen molar-refractivity contribution >= 4 is 29.9 Å².